The van der Waals surface area contributed by atoms with Crippen LogP contribution in [0.1, 0.15) is 15.9 Å². The Morgan fingerprint density at radius 2 is 1.94 bits per heavy atom. The van der Waals surface area contributed by atoms with Crippen molar-refractivity contribution in [1.82, 2.24) is 4.98 Å². The summed E-state index contributed by atoms with van der Waals surface area (Å²) in [5, 5.41) is 11.3. The fraction of sp³-hybridized carbons (Fsp3) is 0. The number of aromatic nitrogens is 1. The average molecular weight is 223 g/mol. The van der Waals surface area contributed by atoms with Crippen LogP contribution in [0.15, 0.2) is 48.7 Å². The van der Waals surface area contributed by atoms with Gasteiger partial charge in [0.1, 0.15) is 11.9 Å². The molecular weight excluding hydrogens is 214 g/mol. The lowest BCUT2D eigenvalue weighted by molar-refractivity contribution is 0.102. The van der Waals surface area contributed by atoms with Crippen LogP contribution >= 0.6 is 0 Å². The highest BCUT2D eigenvalue weighted by atomic mass is 16.1. The normalized spacial score (nSPS) is 9.35. The van der Waals surface area contributed by atoms with Crippen molar-refractivity contribution in [2.45, 2.75) is 0 Å². The lowest BCUT2D eigenvalue weighted by Gasteiger charge is -2.03. The lowest BCUT2D eigenvalue weighted by atomic mass is 10.2. The van der Waals surface area contributed by atoms with Crippen molar-refractivity contribution in [2.75, 3.05) is 5.32 Å². The molecule has 1 N–H and O–H groups in total. The first-order valence-electron chi connectivity index (χ1n) is 5.02. The maximum atomic E-state index is 11.8. The van der Waals surface area contributed by atoms with Crippen LogP contribution in [0.25, 0.3) is 0 Å². The minimum atomic E-state index is -0.220. The third-order valence-electron chi connectivity index (χ3n) is 2.17. The molecule has 0 atom stereocenters. The van der Waals surface area contributed by atoms with Crippen LogP contribution in [0.4, 0.5) is 5.82 Å². The summed E-state index contributed by atoms with van der Waals surface area (Å²) in [6, 6.07) is 14.0. The molecule has 0 aliphatic rings. The van der Waals surface area contributed by atoms with Crippen LogP contribution in [0.5, 0.6) is 0 Å². The summed E-state index contributed by atoms with van der Waals surface area (Å²) in [5.74, 6) is 0.209. The van der Waals surface area contributed by atoms with Crippen molar-refractivity contribution in [3.05, 3.63) is 59.8 Å². The van der Waals surface area contributed by atoms with Crippen molar-refractivity contribution in [3.63, 3.8) is 0 Å². The first-order chi connectivity index (χ1) is 8.29. The Balaban J connectivity index is 2.11. The first-order valence-corrected chi connectivity index (χ1v) is 5.02. The first kappa shape index (κ1) is 10.8. The number of nitriles is 1. The number of benzene rings is 1. The van der Waals surface area contributed by atoms with Gasteiger partial charge in [0.05, 0.1) is 5.56 Å². The summed E-state index contributed by atoms with van der Waals surface area (Å²) < 4.78 is 0. The van der Waals surface area contributed by atoms with Gasteiger partial charge in [0, 0.05) is 11.8 Å². The van der Waals surface area contributed by atoms with Gasteiger partial charge in [-0.3, -0.25) is 4.79 Å². The molecule has 0 radical (unpaired) electrons. The summed E-state index contributed by atoms with van der Waals surface area (Å²) >= 11 is 0. The Morgan fingerprint density at radius 3 is 2.53 bits per heavy atom. The van der Waals surface area contributed by atoms with E-state index < -0.39 is 0 Å². The van der Waals surface area contributed by atoms with E-state index in [1.807, 2.05) is 12.1 Å². The number of rotatable bonds is 2. The van der Waals surface area contributed by atoms with Crippen molar-refractivity contribution in [2.24, 2.45) is 0 Å². The van der Waals surface area contributed by atoms with Gasteiger partial charge in [-0.15, -0.1) is 0 Å². The monoisotopic (exact) mass is 223 g/mol. The molecular formula is C13H9N3O. The number of nitrogens with zero attached hydrogens (tertiary/aromatic N) is 2. The zero-order valence-electron chi connectivity index (χ0n) is 8.92. The summed E-state index contributed by atoms with van der Waals surface area (Å²) in [7, 11) is 0. The number of nitrogens with one attached hydrogen (secondary N) is 1. The van der Waals surface area contributed by atoms with Crippen LogP contribution in [0, 0.1) is 11.3 Å². The molecule has 0 saturated carbocycles. The number of anilines is 1. The Labute approximate surface area is 98.5 Å². The van der Waals surface area contributed by atoms with E-state index in [4.69, 9.17) is 5.26 Å². The smallest absolute Gasteiger partial charge is 0.256 e. The molecule has 0 aliphatic heterocycles. The van der Waals surface area contributed by atoms with Crippen molar-refractivity contribution >= 4 is 11.7 Å². The fourth-order valence-corrected chi connectivity index (χ4v) is 1.31. The van der Waals surface area contributed by atoms with Crippen LogP contribution in [0.2, 0.25) is 0 Å². The summed E-state index contributed by atoms with van der Waals surface area (Å²) in [5.41, 5.74) is 1.03. The second-order valence-electron chi connectivity index (χ2n) is 3.36. The Bertz CT molecular complexity index is 555. The topological polar surface area (TPSA) is 65.8 Å². The quantitative estimate of drug-likeness (QED) is 0.848. The molecule has 0 unspecified atom stereocenters. The van der Waals surface area contributed by atoms with Gasteiger partial charge in [0.15, 0.2) is 0 Å². The fourth-order valence-electron chi connectivity index (χ4n) is 1.31. The third kappa shape index (κ3) is 2.67. The summed E-state index contributed by atoms with van der Waals surface area (Å²) in [4.78, 5) is 15.7. The SMILES string of the molecule is N#Cc1ccc(NC(=O)c2ccccc2)nc1. The Hall–Kier alpha value is -2.67. The van der Waals surface area contributed by atoms with E-state index in [1.54, 1.807) is 36.4 Å². The number of carbonyl (C=O) groups excluding carboxylic acids is 1. The van der Waals surface area contributed by atoms with Crippen molar-refractivity contribution < 1.29 is 4.79 Å². The van der Waals surface area contributed by atoms with E-state index >= 15 is 0 Å². The van der Waals surface area contributed by atoms with E-state index in [0.717, 1.165) is 0 Å². The number of carbonyl (C=O) groups is 1. The lowest BCUT2D eigenvalue weighted by Crippen LogP contribution is -2.12. The molecule has 4 nitrogen and oxygen atoms in total. The molecule has 0 spiro atoms. The van der Waals surface area contributed by atoms with E-state index in [1.165, 1.54) is 6.20 Å². The Morgan fingerprint density at radius 1 is 1.18 bits per heavy atom. The summed E-state index contributed by atoms with van der Waals surface area (Å²) in [6.07, 6.45) is 1.42. The van der Waals surface area contributed by atoms with Gasteiger partial charge < -0.3 is 5.32 Å². The molecule has 1 amide bonds. The minimum Gasteiger partial charge on any atom is -0.307 e. The number of hydrogen-bond acceptors (Lipinski definition) is 3. The third-order valence-corrected chi connectivity index (χ3v) is 2.17. The molecule has 0 fully saturated rings. The maximum absolute atomic E-state index is 11.8. The van der Waals surface area contributed by atoms with E-state index in [2.05, 4.69) is 10.3 Å². The van der Waals surface area contributed by atoms with Gasteiger partial charge in [-0.1, -0.05) is 18.2 Å². The molecule has 4 heteroatoms. The predicted molar refractivity (Wildman–Crippen MR) is 63.3 cm³/mol. The van der Waals surface area contributed by atoms with Crippen LogP contribution in [-0.2, 0) is 0 Å². The highest BCUT2D eigenvalue weighted by Crippen LogP contribution is 2.07. The van der Waals surface area contributed by atoms with Gasteiger partial charge in [0.2, 0.25) is 0 Å². The second kappa shape index (κ2) is 4.90. The maximum Gasteiger partial charge on any atom is 0.256 e. The average Bonchev–Trinajstić information content (AvgIpc) is 2.40. The molecule has 1 aromatic heterocycles. The van der Waals surface area contributed by atoms with Gasteiger partial charge in [-0.05, 0) is 24.3 Å². The minimum absolute atomic E-state index is 0.220. The predicted octanol–water partition coefficient (Wildman–Crippen LogP) is 2.21. The molecule has 0 aliphatic carbocycles. The number of hydrogen-bond donors (Lipinski definition) is 1. The second-order valence-corrected chi connectivity index (χ2v) is 3.36. The zero-order chi connectivity index (χ0) is 12.1. The van der Waals surface area contributed by atoms with Crippen LogP contribution in [0.3, 0.4) is 0 Å². The van der Waals surface area contributed by atoms with E-state index in [-0.39, 0.29) is 5.91 Å². The summed E-state index contributed by atoms with van der Waals surface area (Å²) in [6.45, 7) is 0. The molecule has 0 bridgehead atoms. The largest absolute Gasteiger partial charge is 0.307 e. The van der Waals surface area contributed by atoms with Gasteiger partial charge >= 0.3 is 0 Å². The van der Waals surface area contributed by atoms with Crippen LogP contribution in [-0.4, -0.2) is 10.9 Å². The molecule has 2 aromatic rings. The number of amides is 1. The zero-order valence-corrected chi connectivity index (χ0v) is 8.92. The van der Waals surface area contributed by atoms with Crippen molar-refractivity contribution in [1.29, 1.82) is 5.26 Å². The molecule has 0 saturated heterocycles. The van der Waals surface area contributed by atoms with Gasteiger partial charge in [0.25, 0.3) is 5.91 Å². The Kier molecular flexibility index (Phi) is 3.13. The van der Waals surface area contributed by atoms with Gasteiger partial charge in [-0.2, -0.15) is 5.26 Å². The molecule has 2 rings (SSSR count). The standard InChI is InChI=1S/C13H9N3O/c14-8-10-6-7-12(15-9-10)16-13(17)11-4-2-1-3-5-11/h1-7,9H,(H,15,16,17). The van der Waals surface area contributed by atoms with Gasteiger partial charge in [-0.25, -0.2) is 4.98 Å². The van der Waals surface area contributed by atoms with Crippen molar-refractivity contribution in [3.8, 4) is 6.07 Å². The molecule has 1 heterocycles. The highest BCUT2D eigenvalue weighted by Gasteiger charge is 2.05. The van der Waals surface area contributed by atoms with E-state index in [9.17, 15) is 4.79 Å². The highest BCUT2D eigenvalue weighted by molar-refractivity contribution is 6.03. The molecule has 17 heavy (non-hydrogen) atoms. The molecule has 82 valence electrons. The molecule has 1 aromatic carbocycles. The van der Waals surface area contributed by atoms with E-state index in [0.29, 0.717) is 16.9 Å². The van der Waals surface area contributed by atoms with Crippen LogP contribution < -0.4 is 5.32 Å². The number of pyridine rings is 1.